The van der Waals surface area contributed by atoms with E-state index in [1.165, 1.54) is 19.3 Å². The molecule has 2 aliphatic rings. The molecule has 16 heavy (non-hydrogen) atoms. The number of aliphatic hydroxyl groups is 1. The third-order valence-electron chi connectivity index (χ3n) is 4.40. The fourth-order valence-electron chi connectivity index (χ4n) is 2.80. The van der Waals surface area contributed by atoms with Crippen molar-refractivity contribution in [1.29, 1.82) is 0 Å². The van der Waals surface area contributed by atoms with E-state index in [0.717, 1.165) is 18.3 Å². The standard InChI is InChI=1S/C13H25NO2/c1-10-3-4-12(7-11(10)2)14-8-13(15)5-6-16-9-13/h10-12,14-15H,3-9H2,1-2H3/t10-,11+,12+,13+/m1/s1. The average molecular weight is 227 g/mol. The average Bonchev–Trinajstić information content (AvgIpc) is 2.68. The zero-order valence-corrected chi connectivity index (χ0v) is 10.5. The molecule has 2 fully saturated rings. The maximum atomic E-state index is 10.2. The minimum Gasteiger partial charge on any atom is -0.386 e. The van der Waals surface area contributed by atoms with Gasteiger partial charge in [-0.2, -0.15) is 0 Å². The Balaban J connectivity index is 1.74. The molecule has 3 nitrogen and oxygen atoms in total. The molecular weight excluding hydrogens is 202 g/mol. The summed E-state index contributed by atoms with van der Waals surface area (Å²) in [6.45, 7) is 6.58. The molecule has 4 atom stereocenters. The number of hydrogen-bond donors (Lipinski definition) is 2. The van der Waals surface area contributed by atoms with Crippen molar-refractivity contribution in [3.63, 3.8) is 0 Å². The van der Waals surface area contributed by atoms with E-state index >= 15 is 0 Å². The predicted octanol–water partition coefficient (Wildman–Crippen LogP) is 1.55. The number of hydrogen-bond acceptors (Lipinski definition) is 3. The molecule has 0 aromatic carbocycles. The van der Waals surface area contributed by atoms with Gasteiger partial charge in [0.05, 0.1) is 6.61 Å². The van der Waals surface area contributed by atoms with Crippen LogP contribution in [0, 0.1) is 11.8 Å². The summed E-state index contributed by atoms with van der Waals surface area (Å²) in [7, 11) is 0. The molecule has 94 valence electrons. The van der Waals surface area contributed by atoms with Crippen molar-refractivity contribution in [1.82, 2.24) is 5.32 Å². The van der Waals surface area contributed by atoms with Crippen molar-refractivity contribution in [3.8, 4) is 0 Å². The van der Waals surface area contributed by atoms with Gasteiger partial charge >= 0.3 is 0 Å². The van der Waals surface area contributed by atoms with Gasteiger partial charge < -0.3 is 15.2 Å². The summed E-state index contributed by atoms with van der Waals surface area (Å²) >= 11 is 0. The Bertz CT molecular complexity index is 226. The Kier molecular flexibility index (Phi) is 3.88. The molecule has 2 rings (SSSR count). The topological polar surface area (TPSA) is 41.5 Å². The minimum atomic E-state index is -0.605. The van der Waals surface area contributed by atoms with Gasteiger partial charge in [0.25, 0.3) is 0 Å². The first-order valence-electron chi connectivity index (χ1n) is 6.62. The van der Waals surface area contributed by atoms with E-state index in [4.69, 9.17) is 4.74 Å². The Morgan fingerprint density at radius 2 is 2.12 bits per heavy atom. The van der Waals surface area contributed by atoms with E-state index in [2.05, 4.69) is 19.2 Å². The van der Waals surface area contributed by atoms with Crippen LogP contribution in [0.3, 0.4) is 0 Å². The minimum absolute atomic E-state index is 0.499. The second kappa shape index (κ2) is 5.03. The first-order valence-corrected chi connectivity index (χ1v) is 6.62. The van der Waals surface area contributed by atoms with E-state index < -0.39 is 5.60 Å². The van der Waals surface area contributed by atoms with Gasteiger partial charge in [-0.05, 0) is 31.1 Å². The number of ether oxygens (including phenoxy) is 1. The summed E-state index contributed by atoms with van der Waals surface area (Å²) in [4.78, 5) is 0. The number of nitrogens with one attached hydrogen (secondary N) is 1. The van der Waals surface area contributed by atoms with Crippen LogP contribution in [0.15, 0.2) is 0 Å². The van der Waals surface area contributed by atoms with Crippen LogP contribution < -0.4 is 5.32 Å². The molecule has 0 unspecified atom stereocenters. The SMILES string of the molecule is C[C@@H]1CC[C@H](NC[C@@]2(O)CCOC2)C[C@@H]1C. The van der Waals surface area contributed by atoms with Gasteiger partial charge in [-0.15, -0.1) is 0 Å². The fourth-order valence-corrected chi connectivity index (χ4v) is 2.80. The molecule has 0 aromatic heterocycles. The zero-order chi connectivity index (χ0) is 11.6. The van der Waals surface area contributed by atoms with Gasteiger partial charge in [0.15, 0.2) is 0 Å². The van der Waals surface area contributed by atoms with Crippen LogP contribution >= 0.6 is 0 Å². The molecular formula is C13H25NO2. The van der Waals surface area contributed by atoms with Crippen molar-refractivity contribution < 1.29 is 9.84 Å². The van der Waals surface area contributed by atoms with Gasteiger partial charge in [0, 0.05) is 25.6 Å². The number of rotatable bonds is 3. The largest absolute Gasteiger partial charge is 0.386 e. The van der Waals surface area contributed by atoms with Crippen LogP contribution in [0.5, 0.6) is 0 Å². The smallest absolute Gasteiger partial charge is 0.102 e. The van der Waals surface area contributed by atoms with Gasteiger partial charge in [-0.1, -0.05) is 13.8 Å². The molecule has 1 aliphatic heterocycles. The quantitative estimate of drug-likeness (QED) is 0.768. The molecule has 1 heterocycles. The van der Waals surface area contributed by atoms with Crippen LogP contribution in [0.1, 0.15) is 39.5 Å². The van der Waals surface area contributed by atoms with E-state index in [-0.39, 0.29) is 0 Å². The van der Waals surface area contributed by atoms with Gasteiger partial charge in [0.2, 0.25) is 0 Å². The summed E-state index contributed by atoms with van der Waals surface area (Å²) in [5, 5.41) is 13.7. The summed E-state index contributed by atoms with van der Waals surface area (Å²) in [5.74, 6) is 1.66. The second-order valence-corrected chi connectivity index (χ2v) is 5.87. The van der Waals surface area contributed by atoms with E-state index in [9.17, 15) is 5.11 Å². The van der Waals surface area contributed by atoms with E-state index in [1.807, 2.05) is 0 Å². The van der Waals surface area contributed by atoms with Crippen LogP contribution in [0.25, 0.3) is 0 Å². The lowest BCUT2D eigenvalue weighted by atomic mass is 9.79. The lowest BCUT2D eigenvalue weighted by Gasteiger charge is -2.34. The molecule has 2 N–H and O–H groups in total. The maximum Gasteiger partial charge on any atom is 0.102 e. The molecule has 0 spiro atoms. The van der Waals surface area contributed by atoms with Crippen molar-refractivity contribution >= 4 is 0 Å². The summed E-state index contributed by atoms with van der Waals surface area (Å²) < 4.78 is 5.25. The van der Waals surface area contributed by atoms with E-state index in [0.29, 0.717) is 25.8 Å². The highest BCUT2D eigenvalue weighted by Crippen LogP contribution is 2.29. The van der Waals surface area contributed by atoms with Gasteiger partial charge in [-0.25, -0.2) is 0 Å². The van der Waals surface area contributed by atoms with Gasteiger partial charge in [-0.3, -0.25) is 0 Å². The van der Waals surface area contributed by atoms with Crippen LogP contribution in [-0.4, -0.2) is 36.5 Å². The third-order valence-corrected chi connectivity index (χ3v) is 4.40. The first kappa shape index (κ1) is 12.3. The van der Waals surface area contributed by atoms with Gasteiger partial charge in [0.1, 0.15) is 5.60 Å². The fraction of sp³-hybridized carbons (Fsp3) is 1.00. The van der Waals surface area contributed by atoms with Crippen LogP contribution in [0.2, 0.25) is 0 Å². The molecule has 0 bridgehead atoms. The summed E-state index contributed by atoms with van der Waals surface area (Å²) in [6, 6.07) is 0.593. The lowest BCUT2D eigenvalue weighted by molar-refractivity contribution is 0.0223. The Labute approximate surface area is 98.6 Å². The maximum absolute atomic E-state index is 10.2. The summed E-state index contributed by atoms with van der Waals surface area (Å²) in [5.41, 5.74) is -0.605. The Morgan fingerprint density at radius 3 is 2.75 bits per heavy atom. The predicted molar refractivity (Wildman–Crippen MR) is 64.4 cm³/mol. The lowest BCUT2D eigenvalue weighted by Crippen LogP contribution is -2.46. The Hall–Kier alpha value is -0.120. The Morgan fingerprint density at radius 1 is 1.31 bits per heavy atom. The molecule has 0 aromatic rings. The summed E-state index contributed by atoms with van der Waals surface area (Å²) in [6.07, 6.45) is 4.59. The third kappa shape index (κ3) is 2.96. The zero-order valence-electron chi connectivity index (χ0n) is 10.5. The molecule has 1 saturated heterocycles. The van der Waals surface area contributed by atoms with Crippen LogP contribution in [-0.2, 0) is 4.74 Å². The van der Waals surface area contributed by atoms with Crippen molar-refractivity contribution in [2.24, 2.45) is 11.8 Å². The molecule has 0 amide bonds. The highest BCUT2D eigenvalue weighted by molar-refractivity contribution is 4.88. The highest BCUT2D eigenvalue weighted by atomic mass is 16.5. The van der Waals surface area contributed by atoms with E-state index in [1.54, 1.807) is 0 Å². The molecule has 1 saturated carbocycles. The molecule has 1 aliphatic carbocycles. The molecule has 3 heteroatoms. The highest BCUT2D eigenvalue weighted by Gasteiger charge is 2.33. The van der Waals surface area contributed by atoms with Crippen molar-refractivity contribution in [2.45, 2.75) is 51.2 Å². The second-order valence-electron chi connectivity index (χ2n) is 5.87. The molecule has 0 radical (unpaired) electrons. The monoisotopic (exact) mass is 227 g/mol. The van der Waals surface area contributed by atoms with Crippen molar-refractivity contribution in [3.05, 3.63) is 0 Å². The normalized spacial score (nSPS) is 44.8. The van der Waals surface area contributed by atoms with Crippen LogP contribution in [0.4, 0.5) is 0 Å². The first-order chi connectivity index (χ1) is 7.59. The van der Waals surface area contributed by atoms with Crippen molar-refractivity contribution in [2.75, 3.05) is 19.8 Å².